The minimum absolute atomic E-state index is 0.523. The molecule has 1 aliphatic rings. The van der Waals surface area contributed by atoms with E-state index in [0.29, 0.717) is 11.6 Å². The average molecular weight is 415 g/mol. The quantitative estimate of drug-likeness (QED) is 0.558. The first-order valence-corrected chi connectivity index (χ1v) is 11.3. The van der Waals surface area contributed by atoms with Gasteiger partial charge in [-0.1, -0.05) is 19.9 Å². The smallest absolute Gasteiger partial charge is 0.414 e. The maximum atomic E-state index is 11.4. The van der Waals surface area contributed by atoms with Gasteiger partial charge in [0.25, 0.3) is 0 Å². The third kappa shape index (κ3) is 8.26. The second-order valence-corrected chi connectivity index (χ2v) is 8.68. The van der Waals surface area contributed by atoms with Crippen molar-refractivity contribution in [1.29, 1.82) is 0 Å². The zero-order valence-electron chi connectivity index (χ0n) is 16.6. The van der Waals surface area contributed by atoms with Gasteiger partial charge in [0.15, 0.2) is 0 Å². The fourth-order valence-corrected chi connectivity index (χ4v) is 3.95. The number of carboxylic acid groups (broad SMARTS) is 2. The number of benzene rings is 1. The molecule has 0 aliphatic heterocycles. The van der Waals surface area contributed by atoms with Crippen LogP contribution in [-0.4, -0.2) is 61.4 Å². The second kappa shape index (κ2) is 11.0. The molecule has 0 saturated carbocycles. The van der Waals surface area contributed by atoms with E-state index in [-0.39, 0.29) is 0 Å². The molecular formula is C19H30N2O6S. The summed E-state index contributed by atoms with van der Waals surface area (Å²) in [5.41, 5.74) is 3.38. The topological polar surface area (TPSA) is 124 Å². The van der Waals surface area contributed by atoms with Crippen LogP contribution in [0.3, 0.4) is 0 Å². The van der Waals surface area contributed by atoms with Crippen molar-refractivity contribution in [2.45, 2.75) is 45.4 Å². The van der Waals surface area contributed by atoms with Gasteiger partial charge in [0.1, 0.15) is 0 Å². The molecule has 28 heavy (non-hydrogen) atoms. The standard InChI is InChI=1S/C17H28N2O2S.C2H2O4/c1-4-10-19(11-5-2)13-15-7-6-14-8-9-16(12-17(14)15)18-22(3,20)21;3-1(4)2(5)6/h8-9,12,15,18H,4-7,10-11,13H2,1-3H3;(H,3,4)(H,5,6). The summed E-state index contributed by atoms with van der Waals surface area (Å²) >= 11 is 0. The van der Waals surface area contributed by atoms with Gasteiger partial charge in [0.2, 0.25) is 10.0 Å². The Kier molecular flexibility index (Phi) is 9.40. The van der Waals surface area contributed by atoms with Crippen LogP contribution in [0.15, 0.2) is 18.2 Å². The van der Waals surface area contributed by atoms with E-state index in [0.717, 1.165) is 26.1 Å². The molecule has 0 aromatic heterocycles. The van der Waals surface area contributed by atoms with E-state index < -0.39 is 22.0 Å². The van der Waals surface area contributed by atoms with Crippen LogP contribution in [0, 0.1) is 0 Å². The Morgan fingerprint density at radius 2 is 1.71 bits per heavy atom. The van der Waals surface area contributed by atoms with Crippen LogP contribution in [-0.2, 0) is 26.0 Å². The maximum absolute atomic E-state index is 11.4. The number of sulfonamides is 1. The molecule has 0 bridgehead atoms. The van der Waals surface area contributed by atoms with Gasteiger partial charge in [0, 0.05) is 12.2 Å². The molecule has 2 rings (SSSR count). The molecule has 0 amide bonds. The van der Waals surface area contributed by atoms with E-state index >= 15 is 0 Å². The van der Waals surface area contributed by atoms with E-state index in [4.69, 9.17) is 19.8 Å². The van der Waals surface area contributed by atoms with Gasteiger partial charge in [0.05, 0.1) is 6.26 Å². The molecule has 0 fully saturated rings. The highest BCUT2D eigenvalue weighted by molar-refractivity contribution is 7.92. The number of nitrogens with zero attached hydrogens (tertiary/aromatic N) is 1. The fraction of sp³-hybridized carbons (Fsp3) is 0.579. The third-order valence-corrected chi connectivity index (χ3v) is 5.00. The van der Waals surface area contributed by atoms with Crippen LogP contribution in [0.1, 0.15) is 50.2 Å². The Hall–Kier alpha value is -2.13. The van der Waals surface area contributed by atoms with E-state index in [1.54, 1.807) is 0 Å². The molecule has 0 heterocycles. The molecular weight excluding hydrogens is 384 g/mol. The highest BCUT2D eigenvalue weighted by Gasteiger charge is 2.24. The molecule has 1 aromatic rings. The minimum Gasteiger partial charge on any atom is -0.473 e. The molecule has 0 spiro atoms. The van der Waals surface area contributed by atoms with E-state index in [1.807, 2.05) is 12.1 Å². The lowest BCUT2D eigenvalue weighted by molar-refractivity contribution is -0.159. The largest absolute Gasteiger partial charge is 0.473 e. The number of rotatable bonds is 8. The number of fused-ring (bicyclic) bond motifs is 1. The first-order chi connectivity index (χ1) is 13.1. The van der Waals surface area contributed by atoms with Crippen LogP contribution in [0.5, 0.6) is 0 Å². The fourth-order valence-electron chi connectivity index (χ4n) is 3.39. The summed E-state index contributed by atoms with van der Waals surface area (Å²) in [7, 11) is -3.21. The minimum atomic E-state index is -3.21. The molecule has 1 atom stereocenters. The summed E-state index contributed by atoms with van der Waals surface area (Å²) < 4.78 is 25.4. The lowest BCUT2D eigenvalue weighted by Gasteiger charge is -2.25. The summed E-state index contributed by atoms with van der Waals surface area (Å²) in [6, 6.07) is 5.98. The highest BCUT2D eigenvalue weighted by Crippen LogP contribution is 2.35. The number of hydrogen-bond donors (Lipinski definition) is 3. The van der Waals surface area contributed by atoms with Crippen molar-refractivity contribution in [3.05, 3.63) is 29.3 Å². The van der Waals surface area contributed by atoms with Crippen molar-refractivity contribution in [2.24, 2.45) is 0 Å². The van der Waals surface area contributed by atoms with Gasteiger partial charge in [-0.15, -0.1) is 0 Å². The van der Waals surface area contributed by atoms with Gasteiger partial charge in [-0.3, -0.25) is 4.72 Å². The average Bonchev–Trinajstić information content (AvgIpc) is 2.96. The van der Waals surface area contributed by atoms with Crippen molar-refractivity contribution in [1.82, 2.24) is 4.90 Å². The third-order valence-electron chi connectivity index (χ3n) is 4.39. The SMILES string of the molecule is CCCN(CCC)CC1CCc2ccc(NS(C)(=O)=O)cc21.O=C(O)C(=O)O. The summed E-state index contributed by atoms with van der Waals surface area (Å²) in [6.07, 6.45) is 5.82. The van der Waals surface area contributed by atoms with Gasteiger partial charge >= 0.3 is 11.9 Å². The maximum Gasteiger partial charge on any atom is 0.414 e. The van der Waals surface area contributed by atoms with E-state index in [1.165, 1.54) is 36.6 Å². The molecule has 1 aliphatic carbocycles. The Balaban J connectivity index is 0.000000568. The van der Waals surface area contributed by atoms with Crippen molar-refractivity contribution in [3.63, 3.8) is 0 Å². The Morgan fingerprint density at radius 3 is 2.18 bits per heavy atom. The number of aliphatic carboxylic acids is 2. The molecule has 0 saturated heterocycles. The number of aryl methyl sites for hydroxylation is 1. The van der Waals surface area contributed by atoms with Gasteiger partial charge in [-0.2, -0.15) is 0 Å². The highest BCUT2D eigenvalue weighted by atomic mass is 32.2. The van der Waals surface area contributed by atoms with Gasteiger partial charge in [-0.25, -0.2) is 18.0 Å². The van der Waals surface area contributed by atoms with Crippen LogP contribution in [0.25, 0.3) is 0 Å². The number of anilines is 1. The second-order valence-electron chi connectivity index (χ2n) is 6.93. The molecule has 3 N–H and O–H groups in total. The predicted molar refractivity (Wildman–Crippen MR) is 108 cm³/mol. The van der Waals surface area contributed by atoms with Gasteiger partial charge in [-0.05, 0) is 68.0 Å². The summed E-state index contributed by atoms with van der Waals surface area (Å²) in [5.74, 6) is -3.13. The molecule has 158 valence electrons. The van der Waals surface area contributed by atoms with Crippen LogP contribution >= 0.6 is 0 Å². The van der Waals surface area contributed by atoms with Crippen LogP contribution < -0.4 is 4.72 Å². The normalized spacial score (nSPS) is 15.5. The Bertz CT molecular complexity index is 761. The molecule has 9 heteroatoms. The number of carbonyl (C=O) groups is 2. The van der Waals surface area contributed by atoms with E-state index in [2.05, 4.69) is 29.5 Å². The summed E-state index contributed by atoms with van der Waals surface area (Å²) in [6.45, 7) is 7.80. The lowest BCUT2D eigenvalue weighted by atomic mass is 10.00. The van der Waals surface area contributed by atoms with Crippen molar-refractivity contribution < 1.29 is 28.2 Å². The van der Waals surface area contributed by atoms with E-state index in [9.17, 15) is 8.42 Å². The van der Waals surface area contributed by atoms with Gasteiger partial charge < -0.3 is 15.1 Å². The Morgan fingerprint density at radius 1 is 1.14 bits per heavy atom. The first kappa shape index (κ1) is 23.9. The van der Waals surface area contributed by atoms with Crippen molar-refractivity contribution in [2.75, 3.05) is 30.6 Å². The van der Waals surface area contributed by atoms with Crippen LogP contribution in [0.4, 0.5) is 5.69 Å². The number of hydrogen-bond acceptors (Lipinski definition) is 5. The first-order valence-electron chi connectivity index (χ1n) is 9.36. The monoisotopic (exact) mass is 414 g/mol. The van der Waals surface area contributed by atoms with Crippen LogP contribution in [0.2, 0.25) is 0 Å². The zero-order chi connectivity index (χ0) is 21.3. The van der Waals surface area contributed by atoms with Crippen molar-refractivity contribution in [3.8, 4) is 0 Å². The molecule has 0 radical (unpaired) electrons. The summed E-state index contributed by atoms with van der Waals surface area (Å²) in [4.78, 5) is 20.7. The molecule has 1 unspecified atom stereocenters. The number of nitrogens with one attached hydrogen (secondary N) is 1. The van der Waals surface area contributed by atoms with Crippen molar-refractivity contribution >= 4 is 27.6 Å². The lowest BCUT2D eigenvalue weighted by Crippen LogP contribution is -2.29. The Labute approximate surface area is 166 Å². The summed E-state index contributed by atoms with van der Waals surface area (Å²) in [5, 5.41) is 14.8. The molecule has 8 nitrogen and oxygen atoms in total. The molecule has 1 aromatic carbocycles. The predicted octanol–water partition coefficient (Wildman–Crippen LogP) is 2.37. The number of carboxylic acids is 2. The zero-order valence-corrected chi connectivity index (χ0v) is 17.5.